The van der Waals surface area contributed by atoms with E-state index in [0.29, 0.717) is 45.3 Å². The zero-order valence-electron chi connectivity index (χ0n) is 69.4. The largest absolute Gasteiger partial charge is 0 e. The summed E-state index contributed by atoms with van der Waals surface area (Å²) in [7, 11) is 20.0. The van der Waals surface area contributed by atoms with Crippen molar-refractivity contribution in [3.8, 4) is 147 Å². The van der Waals surface area contributed by atoms with Crippen LogP contribution < -0.4 is 0 Å². The zero-order chi connectivity index (χ0) is 84.9. The van der Waals surface area contributed by atoms with Crippen molar-refractivity contribution in [1.82, 2.24) is 29.1 Å². The van der Waals surface area contributed by atoms with Crippen molar-refractivity contribution < 1.29 is 43.2 Å². The summed E-state index contributed by atoms with van der Waals surface area (Å²) in [6, 6.07) is 105. The van der Waals surface area contributed by atoms with E-state index in [0.717, 1.165) is 134 Å². The van der Waals surface area contributed by atoms with E-state index in [1.165, 1.54) is 63.2 Å². The minimum atomic E-state index is -3.06. The molecule has 4 aromatic heterocycles. The quantitative estimate of drug-likeness (QED) is 0.0907. The zero-order valence-corrected chi connectivity index (χ0v) is 83.2. The second-order valence-corrected chi connectivity index (χ2v) is 52.8. The van der Waals surface area contributed by atoms with E-state index in [9.17, 15) is 20.7 Å². The van der Waals surface area contributed by atoms with Gasteiger partial charge in [0, 0.05) is 83.9 Å². The Morgan fingerprint density at radius 1 is 0.350 bits per heavy atom. The predicted octanol–water partition coefficient (Wildman–Crippen LogP) is 27.6. The van der Waals surface area contributed by atoms with E-state index in [1.807, 2.05) is 146 Å². The summed E-state index contributed by atoms with van der Waals surface area (Å²) in [6.45, 7) is 26.0. The summed E-state index contributed by atoms with van der Waals surface area (Å²) in [5.41, 5.74) is 25.1. The minimum absolute atomic E-state index is 0. The van der Waals surface area contributed by atoms with Crippen LogP contribution in [-0.4, -0.2) is 102 Å². The van der Waals surface area contributed by atoms with E-state index in [1.54, 1.807) is 12.4 Å². The van der Waals surface area contributed by atoms with Crippen molar-refractivity contribution in [3.05, 3.63) is 337 Å². The fraction of sp³-hybridized carbons (Fsp3) is 0.157. The Morgan fingerprint density at radius 2 is 0.692 bits per heavy atom. The molecule has 0 bridgehead atoms. The summed E-state index contributed by atoms with van der Waals surface area (Å²) >= 11 is -0.556. The Kier molecular flexibility index (Phi) is 29.7. The van der Waals surface area contributed by atoms with E-state index in [4.69, 9.17) is 57.6 Å². The van der Waals surface area contributed by atoms with Gasteiger partial charge in [-0.25, -0.2) is 9.97 Å². The maximum absolute atomic E-state index is 12.1. The van der Waals surface area contributed by atoms with E-state index >= 15 is 0 Å². The molecular weight excluding hydrogens is 1980 g/mol. The average Bonchev–Trinajstić information content (AvgIpc) is 1.56. The van der Waals surface area contributed by atoms with Gasteiger partial charge in [-0.15, -0.1) is 23.8 Å². The van der Waals surface area contributed by atoms with Crippen molar-refractivity contribution in [2.75, 3.05) is 0 Å². The van der Waals surface area contributed by atoms with E-state index in [2.05, 4.69) is 250 Å². The van der Waals surface area contributed by atoms with Crippen LogP contribution in [-0.2, 0) is 54.6 Å². The third-order valence-electron chi connectivity index (χ3n) is 20.9. The molecule has 16 rings (SSSR count). The van der Waals surface area contributed by atoms with Gasteiger partial charge in [-0.3, -0.25) is 19.1 Å². The van der Waals surface area contributed by atoms with Crippen LogP contribution in [0.3, 0.4) is 0 Å². The molecule has 0 aliphatic carbocycles. The Morgan fingerprint density at radius 3 is 1.09 bits per heavy atom. The standard InChI is InChI=1S/C51H44N4O.C51H43N4O.4ClH.2K.2Pt/c2*1-50(2,3)39-29-42(48(56)44(30-39)51(4,5)6)49-54-47-41(23-16-24-46(47)55(49)40-21-14-9-15-22-40)36-25-35(33-17-10-7-11-18-33)26-37(27-36)45-28-38(31-52)43(32-53-45)34-19-12-8-13-20-34;;;;;;;;/h7-30,32,56H,1-6H3;7-26,28-30,32,56H,1-6H3;4*1H;;;;/q;-1;;;;;;;;+4/p-4. The van der Waals surface area contributed by atoms with E-state index in [-0.39, 0.29) is 54.2 Å². The second kappa shape index (κ2) is 39.0. The molecule has 0 aliphatic rings. The smallest absolute Gasteiger partial charge is 0 e. The Hall–Kier alpha value is -7.73. The first kappa shape index (κ1) is 91.5. The van der Waals surface area contributed by atoms with Gasteiger partial charge < -0.3 is 10.2 Å². The van der Waals surface area contributed by atoms with Gasteiger partial charge in [0.15, 0.2) is 0 Å². The number of halogens is 4. The van der Waals surface area contributed by atoms with Crippen molar-refractivity contribution in [1.29, 1.82) is 10.5 Å². The first-order valence-corrected chi connectivity index (χ1v) is 66.7. The number of aromatic hydroxyl groups is 2. The number of aromatic nitrogens is 6. The number of phenolic OH excluding ortho intramolecular Hbond substituents is 2. The fourth-order valence-electron chi connectivity index (χ4n) is 14.8. The van der Waals surface area contributed by atoms with Crippen LogP contribution in [0.15, 0.2) is 298 Å². The molecule has 16 aromatic rings. The van der Waals surface area contributed by atoms with Crippen LogP contribution in [0.25, 0.3) is 145 Å². The summed E-state index contributed by atoms with van der Waals surface area (Å²) < 4.78 is 4.32. The van der Waals surface area contributed by atoms with Crippen LogP contribution in [0, 0.1) is 28.7 Å². The maximum Gasteiger partial charge on any atom is 0 e. The molecule has 120 heavy (non-hydrogen) atoms. The first-order valence-electron chi connectivity index (χ1n) is 39.5. The molecule has 18 heteroatoms. The van der Waals surface area contributed by atoms with Crippen LogP contribution >= 0.6 is 37.7 Å². The third kappa shape index (κ3) is 21.0. The number of phenols is 2. The van der Waals surface area contributed by atoms with Crippen molar-refractivity contribution in [2.24, 2.45) is 0 Å². The van der Waals surface area contributed by atoms with Crippen molar-refractivity contribution in [3.63, 3.8) is 0 Å². The number of pyridine rings is 2. The molecule has 0 amide bonds. The molecule has 0 radical (unpaired) electrons. The molecule has 0 saturated carbocycles. The summed E-state index contributed by atoms with van der Waals surface area (Å²) in [5.74, 6) is 1.80. The van der Waals surface area contributed by atoms with Gasteiger partial charge in [0.05, 0.1) is 62.2 Å². The number of imidazole rings is 2. The average molecular weight is 2070 g/mol. The Labute approximate surface area is 783 Å². The Balaban J connectivity index is 0.000000203. The number of hydrogen-bond acceptors (Lipinski definition) is 8. The number of benzene rings is 12. The van der Waals surface area contributed by atoms with Crippen LogP contribution in [0.5, 0.6) is 11.5 Å². The molecule has 12 aromatic carbocycles. The molecule has 598 valence electrons. The number of rotatable bonds is 12. The van der Waals surface area contributed by atoms with Crippen LogP contribution in [0.1, 0.15) is 116 Å². The molecule has 2 N–H and O–H groups in total. The minimum Gasteiger partial charge on any atom is 0 e. The third-order valence-corrected chi connectivity index (χ3v) is 20.9. The molecule has 10 nitrogen and oxygen atoms in total. The van der Waals surface area contributed by atoms with Crippen LogP contribution in [0.4, 0.5) is 0 Å². The Bertz CT molecular complexity index is 6070. The van der Waals surface area contributed by atoms with Crippen molar-refractivity contribution in [2.45, 2.75) is 105 Å². The predicted molar refractivity (Wildman–Crippen MR) is 493 cm³/mol. The van der Waals surface area contributed by atoms with Gasteiger partial charge in [0.2, 0.25) is 0 Å². The monoisotopic (exact) mass is 2060 g/mol. The van der Waals surface area contributed by atoms with Gasteiger partial charge in [0.25, 0.3) is 0 Å². The first-order chi connectivity index (χ1) is 56.8. The normalized spacial score (nSPS) is 11.7. The summed E-state index contributed by atoms with van der Waals surface area (Å²) in [6.07, 6.45) is 3.58. The molecule has 0 saturated heterocycles. The fourth-order valence-corrected chi connectivity index (χ4v) is 14.8. The number of hydrogen-bond donors (Lipinski definition) is 2. The van der Waals surface area contributed by atoms with Gasteiger partial charge >= 0.3 is 113 Å². The molecule has 0 unspecified atom stereocenters. The number of nitriles is 2. The van der Waals surface area contributed by atoms with Gasteiger partial charge in [0.1, 0.15) is 23.1 Å². The topological polar surface area (TPSA) is 149 Å². The van der Waals surface area contributed by atoms with Gasteiger partial charge in [-0.2, -0.15) is 10.5 Å². The molecule has 0 atom stereocenters. The van der Waals surface area contributed by atoms with E-state index < -0.39 is 11.9 Å². The molecule has 4 heterocycles. The van der Waals surface area contributed by atoms with Gasteiger partial charge in [-0.05, 0) is 139 Å². The molecular formula is C102H87Cl4K2N8O2Pt2-. The number of nitrogens with zero attached hydrogens (tertiary/aromatic N) is 8. The van der Waals surface area contributed by atoms with Crippen LogP contribution in [0.2, 0.25) is 0 Å². The SMILES string of the molecule is CC(C)(C)c1cc(-c2nc3c(-c4[c-]c(-c5cc(C#N)c(-c6ccccc6)cn5)cc(-c5ccccc5)c4)cccc3n2-c2ccccc2)c(O)c(C(C)(C)C)c1.CC(C)(C)c1cc(-c2nc3c(-c4cc(-c5ccccc5)cc(-c5cc(C#N)c(-c6ccccc6)cn5)c4)cccc3n2-c2ccccc2)c(O)c(C(C)(C)C)c1.[Cl][Pt]([Cl])([Cl])[Cl].[K][K].[Pt]. The number of fused-ring (bicyclic) bond motifs is 2. The summed E-state index contributed by atoms with van der Waals surface area (Å²) in [5, 5.41) is 44.8. The number of para-hydroxylation sites is 4. The van der Waals surface area contributed by atoms with Gasteiger partial charge in [-0.1, -0.05) is 300 Å². The molecule has 0 fully saturated rings. The second-order valence-electron chi connectivity index (χ2n) is 33.1. The molecule has 0 spiro atoms. The molecule has 0 aliphatic heterocycles. The van der Waals surface area contributed by atoms with Crippen molar-refractivity contribution >= 4 is 123 Å². The maximum atomic E-state index is 12.1. The summed E-state index contributed by atoms with van der Waals surface area (Å²) in [4.78, 5) is 20.7.